The summed E-state index contributed by atoms with van der Waals surface area (Å²) in [4.78, 5) is 9.12. The molecule has 1 heterocycles. The van der Waals surface area contributed by atoms with Gasteiger partial charge in [0, 0.05) is 5.39 Å². The van der Waals surface area contributed by atoms with E-state index in [2.05, 4.69) is 35.6 Å². The van der Waals surface area contributed by atoms with Gasteiger partial charge in [-0.05, 0) is 12.1 Å². The Morgan fingerprint density at radius 1 is 1.40 bits per heavy atom. The number of fused-ring (bicyclic) bond motifs is 1. The van der Waals surface area contributed by atoms with Gasteiger partial charge in [-0.2, -0.15) is 0 Å². The lowest BCUT2D eigenvalue weighted by Gasteiger charge is -1.89. The largest absolute Gasteiger partial charge is 0.549 e. The van der Waals surface area contributed by atoms with Gasteiger partial charge in [0.15, 0.2) is 0 Å². The maximum atomic E-state index is 9.12. The summed E-state index contributed by atoms with van der Waals surface area (Å²) in [6.07, 6.45) is 1.96. The maximum Gasteiger partial charge on any atom is 0.100 e. The lowest BCUT2D eigenvalue weighted by Crippen LogP contribution is -2.55. The van der Waals surface area contributed by atoms with E-state index < -0.39 is 11.8 Å². The van der Waals surface area contributed by atoms with E-state index in [1.54, 1.807) is 0 Å². The molecule has 15 heavy (non-hydrogen) atoms. The Bertz CT molecular complexity index is 453. The number of carbonyl (C=O) groups excluding carboxylic acids is 1. The van der Waals surface area contributed by atoms with Gasteiger partial charge in [0.2, 0.25) is 0 Å². The van der Waals surface area contributed by atoms with Crippen LogP contribution < -0.4 is 10.9 Å². The number of aromatic nitrogens is 1. The van der Waals surface area contributed by atoms with Gasteiger partial charge in [-0.15, -0.1) is 11.6 Å². The van der Waals surface area contributed by atoms with Crippen molar-refractivity contribution < 1.29 is 15.7 Å². The van der Waals surface area contributed by atoms with Crippen LogP contribution in [0.3, 0.4) is 0 Å². The van der Waals surface area contributed by atoms with E-state index in [1.807, 2.05) is 23.0 Å². The van der Waals surface area contributed by atoms with Crippen LogP contribution in [0.15, 0.2) is 36.5 Å². The van der Waals surface area contributed by atoms with Crippen LogP contribution in [-0.2, 0) is 4.79 Å². The molecule has 1 aromatic carbocycles. The van der Waals surface area contributed by atoms with Crippen molar-refractivity contribution in [2.24, 2.45) is 0 Å². The standard InChI is InChI=1S/C8H8N2.C2H3ClO2/c9-10-6-5-7-3-1-2-4-8(7)10;3-1-2(4)5/h1-6H,9H2;1H2,(H,4,5). The van der Waals surface area contributed by atoms with E-state index in [4.69, 9.17) is 9.90 Å². The molecular weight excluding hydrogens is 216 g/mol. The summed E-state index contributed by atoms with van der Waals surface area (Å²) in [5.74, 6) is 2.18. The van der Waals surface area contributed by atoms with Crippen LogP contribution in [0.2, 0.25) is 0 Å². The summed E-state index contributed by atoms with van der Waals surface area (Å²) in [5.41, 5.74) is 1.18. The molecule has 80 valence electrons. The third-order valence-electron chi connectivity index (χ3n) is 1.79. The predicted octanol–water partition coefficient (Wildman–Crippen LogP) is -0.379. The number of hydrogen-bond donors (Lipinski definition) is 1. The zero-order valence-electron chi connectivity index (χ0n) is 8.02. The van der Waals surface area contributed by atoms with Gasteiger partial charge >= 0.3 is 0 Å². The fourth-order valence-corrected chi connectivity index (χ4v) is 1.14. The van der Waals surface area contributed by atoms with Gasteiger partial charge < -0.3 is 9.90 Å². The molecule has 0 radical (unpaired) electrons. The second-order valence-corrected chi connectivity index (χ2v) is 3.12. The van der Waals surface area contributed by atoms with Crippen molar-refractivity contribution in [2.75, 3.05) is 5.88 Å². The Labute approximate surface area is 91.8 Å². The van der Waals surface area contributed by atoms with Crippen LogP contribution in [0.1, 0.15) is 0 Å². The highest BCUT2D eigenvalue weighted by atomic mass is 35.5. The van der Waals surface area contributed by atoms with E-state index >= 15 is 0 Å². The lowest BCUT2D eigenvalue weighted by atomic mass is 10.3. The topological polar surface area (TPSA) is 72.7 Å². The van der Waals surface area contributed by atoms with Crippen molar-refractivity contribution in [3.05, 3.63) is 36.5 Å². The number of carbonyl (C=O) groups is 1. The molecule has 2 rings (SSSR count). The average Bonchev–Trinajstić information content (AvgIpc) is 2.62. The number of rotatable bonds is 1. The van der Waals surface area contributed by atoms with Crippen LogP contribution in [0, 0.1) is 0 Å². The molecule has 0 saturated heterocycles. The number of alkyl halides is 1. The van der Waals surface area contributed by atoms with Gasteiger partial charge in [-0.25, -0.2) is 4.68 Å². The Morgan fingerprint density at radius 3 is 2.53 bits per heavy atom. The summed E-state index contributed by atoms with van der Waals surface area (Å²) in [6.45, 7) is 0. The molecule has 0 bridgehead atoms. The molecule has 1 aromatic heterocycles. The number of carboxylic acid groups (broad SMARTS) is 1. The number of aliphatic carboxylic acids is 1. The number of hydrogen-bond acceptors (Lipinski definition) is 2. The average molecular weight is 227 g/mol. The van der Waals surface area contributed by atoms with Gasteiger partial charge in [0.25, 0.3) is 0 Å². The third-order valence-corrected chi connectivity index (χ3v) is 2.01. The summed E-state index contributed by atoms with van der Waals surface area (Å²) in [5, 5.41) is 10.4. The molecule has 0 amide bonds. The van der Waals surface area contributed by atoms with Crippen molar-refractivity contribution >= 4 is 28.5 Å². The number of quaternary nitrogens is 1. The molecule has 4 nitrogen and oxygen atoms in total. The molecule has 0 saturated carbocycles. The first-order valence-corrected chi connectivity index (χ1v) is 4.81. The number of carboxylic acids is 1. The molecule has 3 N–H and O–H groups in total. The smallest absolute Gasteiger partial charge is 0.100 e. The van der Waals surface area contributed by atoms with E-state index in [0.717, 1.165) is 0 Å². The third kappa shape index (κ3) is 3.27. The molecule has 0 unspecified atom stereocenters. The monoisotopic (exact) mass is 226 g/mol. The Hall–Kier alpha value is -1.52. The van der Waals surface area contributed by atoms with Crippen molar-refractivity contribution in [1.29, 1.82) is 0 Å². The van der Waals surface area contributed by atoms with E-state index in [1.165, 1.54) is 10.9 Å². The van der Waals surface area contributed by atoms with Crippen LogP contribution >= 0.6 is 11.6 Å². The second kappa shape index (κ2) is 5.38. The molecule has 5 heteroatoms. The number of benzene rings is 1. The van der Waals surface area contributed by atoms with Crippen LogP contribution in [0.25, 0.3) is 10.9 Å². The fourth-order valence-electron chi connectivity index (χ4n) is 1.14. The zero-order chi connectivity index (χ0) is 11.3. The minimum absolute atomic E-state index is 0.417. The molecule has 2 aromatic rings. The number of halogens is 1. The minimum Gasteiger partial charge on any atom is -0.549 e. The highest BCUT2D eigenvalue weighted by Crippen LogP contribution is 2.10. The molecule has 0 aliphatic heterocycles. The van der Waals surface area contributed by atoms with E-state index in [0.29, 0.717) is 0 Å². The summed E-state index contributed by atoms with van der Waals surface area (Å²) < 4.78 is 1.87. The van der Waals surface area contributed by atoms with Gasteiger partial charge in [0.1, 0.15) is 5.52 Å². The SMILES string of the molecule is O=C([O-])CCl.[NH3+]n1ccc2ccccc21. The predicted molar refractivity (Wildman–Crippen MR) is 56.0 cm³/mol. The molecule has 0 aliphatic carbocycles. The molecule has 0 aliphatic rings. The maximum absolute atomic E-state index is 9.12. The van der Waals surface area contributed by atoms with E-state index in [-0.39, 0.29) is 0 Å². The quantitative estimate of drug-likeness (QED) is 0.674. The van der Waals surface area contributed by atoms with Gasteiger partial charge in [0.05, 0.1) is 18.0 Å². The number of nitrogens with zero attached hydrogens (tertiary/aromatic N) is 1. The zero-order valence-corrected chi connectivity index (χ0v) is 8.78. The number of para-hydroxylation sites is 1. The van der Waals surface area contributed by atoms with Crippen molar-refractivity contribution in [1.82, 2.24) is 4.68 Å². The normalized spacial score (nSPS) is 9.47. The Morgan fingerprint density at radius 2 is 2.00 bits per heavy atom. The summed E-state index contributed by atoms with van der Waals surface area (Å²) in [6, 6.07) is 10.2. The Balaban J connectivity index is 0.000000195. The highest BCUT2D eigenvalue weighted by molar-refractivity contribution is 6.25. The molecular formula is C10H11ClN2O2. The van der Waals surface area contributed by atoms with Crippen LogP contribution in [0.5, 0.6) is 0 Å². The minimum atomic E-state index is -1.23. The first-order chi connectivity index (χ1) is 7.15. The van der Waals surface area contributed by atoms with Crippen LogP contribution in [0.4, 0.5) is 0 Å². The Kier molecular flexibility index (Phi) is 4.15. The van der Waals surface area contributed by atoms with Crippen molar-refractivity contribution in [2.45, 2.75) is 0 Å². The first-order valence-electron chi connectivity index (χ1n) is 4.28. The van der Waals surface area contributed by atoms with Gasteiger partial charge in [-0.1, -0.05) is 18.2 Å². The molecule has 0 spiro atoms. The van der Waals surface area contributed by atoms with E-state index in [9.17, 15) is 0 Å². The summed E-state index contributed by atoms with van der Waals surface area (Å²) in [7, 11) is 0. The van der Waals surface area contributed by atoms with Crippen molar-refractivity contribution in [3.63, 3.8) is 0 Å². The van der Waals surface area contributed by atoms with Crippen molar-refractivity contribution in [3.8, 4) is 0 Å². The second-order valence-electron chi connectivity index (χ2n) is 2.85. The highest BCUT2D eigenvalue weighted by Gasteiger charge is 1.95. The van der Waals surface area contributed by atoms with Crippen LogP contribution in [-0.4, -0.2) is 16.5 Å². The fraction of sp³-hybridized carbons (Fsp3) is 0.100. The summed E-state index contributed by atoms with van der Waals surface area (Å²) >= 11 is 4.67. The lowest BCUT2D eigenvalue weighted by molar-refractivity contribution is -0.434. The first kappa shape index (κ1) is 11.6. The molecule has 0 atom stereocenters. The molecule has 0 fully saturated rings. The van der Waals surface area contributed by atoms with Gasteiger partial charge in [-0.3, -0.25) is 5.84 Å².